The van der Waals surface area contributed by atoms with Gasteiger partial charge in [0, 0.05) is 26.2 Å². The fourth-order valence-electron chi connectivity index (χ4n) is 4.84. The monoisotopic (exact) mass is 481 g/mol. The Kier molecular flexibility index (Phi) is 5.19. The number of aromatic nitrogens is 4. The summed E-state index contributed by atoms with van der Waals surface area (Å²) < 4.78 is 4.28. The summed E-state index contributed by atoms with van der Waals surface area (Å²) in [5, 5.41) is 2.86. The number of halogens is 1. The molecule has 8 heteroatoms. The van der Waals surface area contributed by atoms with Gasteiger partial charge in [0.05, 0.1) is 22.8 Å². The minimum Gasteiger partial charge on any atom is -0.306 e. The van der Waals surface area contributed by atoms with Gasteiger partial charge in [0.25, 0.3) is 5.56 Å². The maximum absolute atomic E-state index is 12.6. The van der Waals surface area contributed by atoms with Gasteiger partial charge >= 0.3 is 5.69 Å². The lowest BCUT2D eigenvalue weighted by atomic mass is 9.96. The molecule has 3 heterocycles. The van der Waals surface area contributed by atoms with Crippen molar-refractivity contribution in [1.82, 2.24) is 24.2 Å². The van der Waals surface area contributed by atoms with E-state index in [0.29, 0.717) is 4.47 Å². The van der Waals surface area contributed by atoms with E-state index in [1.54, 1.807) is 4.68 Å². The Bertz CT molecular complexity index is 1330. The lowest BCUT2D eigenvalue weighted by Crippen LogP contribution is -2.40. The molecule has 1 unspecified atom stereocenters. The largest absolute Gasteiger partial charge is 0.326 e. The van der Waals surface area contributed by atoms with Crippen molar-refractivity contribution >= 4 is 27.0 Å². The van der Waals surface area contributed by atoms with Crippen LogP contribution in [-0.2, 0) is 7.05 Å². The normalized spacial score (nSPS) is 16.7. The van der Waals surface area contributed by atoms with E-state index in [1.165, 1.54) is 0 Å². The van der Waals surface area contributed by atoms with Gasteiger partial charge in [0.15, 0.2) is 0 Å². The Morgan fingerprint density at radius 3 is 2.35 bits per heavy atom. The highest BCUT2D eigenvalue weighted by Gasteiger charge is 2.32. The van der Waals surface area contributed by atoms with Crippen LogP contribution in [0.4, 0.5) is 0 Å². The molecule has 4 aromatic rings. The van der Waals surface area contributed by atoms with Crippen LogP contribution >= 0.6 is 15.9 Å². The highest BCUT2D eigenvalue weighted by atomic mass is 79.9. The number of para-hydroxylation sites is 2. The summed E-state index contributed by atoms with van der Waals surface area (Å²) in [4.78, 5) is 30.3. The molecule has 1 atom stereocenters. The molecule has 1 aliphatic rings. The first-order chi connectivity index (χ1) is 15.0. The molecule has 1 fully saturated rings. The predicted octanol–water partition coefficient (Wildman–Crippen LogP) is 3.55. The average Bonchev–Trinajstić information content (AvgIpc) is 3.25. The zero-order valence-electron chi connectivity index (χ0n) is 17.2. The number of nitrogens with zero attached hydrogens (tertiary/aromatic N) is 3. The Morgan fingerprint density at radius 2 is 1.68 bits per heavy atom. The number of piperidine rings is 1. The standard InChI is InChI=1S/C23H24BrN5O2/c1-27-21(19(24)22(30)26-27)20(15-7-3-2-4-8-15)28-13-11-16(12-14-28)29-18-10-6-5-9-17(18)25-23(29)31/h2-10,16,20H,11-14H2,1H3,(H,25,31)(H,26,30). The number of benzene rings is 2. The number of hydrogen-bond donors (Lipinski definition) is 2. The van der Waals surface area contributed by atoms with Crippen LogP contribution in [0.1, 0.15) is 36.2 Å². The Labute approximate surface area is 187 Å². The zero-order valence-corrected chi connectivity index (χ0v) is 18.8. The molecule has 0 bridgehead atoms. The summed E-state index contributed by atoms with van der Waals surface area (Å²) in [5.41, 5.74) is 3.72. The van der Waals surface area contributed by atoms with Crippen LogP contribution in [0.5, 0.6) is 0 Å². The number of rotatable bonds is 4. The van der Waals surface area contributed by atoms with Gasteiger partial charge in [-0.1, -0.05) is 42.5 Å². The number of fused-ring (bicyclic) bond motifs is 1. The van der Waals surface area contributed by atoms with Crippen LogP contribution in [0.3, 0.4) is 0 Å². The quantitative estimate of drug-likeness (QED) is 0.467. The van der Waals surface area contributed by atoms with Crippen molar-refractivity contribution in [2.24, 2.45) is 7.05 Å². The molecule has 1 aliphatic heterocycles. The molecule has 5 rings (SSSR count). The molecule has 2 aromatic carbocycles. The second-order valence-electron chi connectivity index (χ2n) is 8.10. The molecule has 2 N–H and O–H groups in total. The number of hydrogen-bond acceptors (Lipinski definition) is 3. The number of nitrogens with one attached hydrogen (secondary N) is 2. The lowest BCUT2D eigenvalue weighted by Gasteiger charge is -2.38. The molecule has 0 amide bonds. The highest BCUT2D eigenvalue weighted by molar-refractivity contribution is 9.10. The molecule has 7 nitrogen and oxygen atoms in total. The van der Waals surface area contributed by atoms with Crippen LogP contribution in [-0.4, -0.2) is 37.3 Å². The molecular formula is C23H24BrN5O2. The number of H-pyrrole nitrogens is 2. The highest BCUT2D eigenvalue weighted by Crippen LogP contribution is 2.35. The molecular weight excluding hydrogens is 458 g/mol. The third kappa shape index (κ3) is 3.49. The Hall–Kier alpha value is -2.84. The van der Waals surface area contributed by atoms with E-state index in [1.807, 2.05) is 54.1 Å². The van der Waals surface area contributed by atoms with Crippen molar-refractivity contribution in [3.8, 4) is 0 Å². The Morgan fingerprint density at radius 1 is 1.00 bits per heavy atom. The van der Waals surface area contributed by atoms with Gasteiger partial charge in [0.1, 0.15) is 4.47 Å². The molecule has 31 heavy (non-hydrogen) atoms. The summed E-state index contributed by atoms with van der Waals surface area (Å²) in [7, 11) is 1.87. The average molecular weight is 482 g/mol. The van der Waals surface area contributed by atoms with Gasteiger partial charge in [-0.15, -0.1) is 0 Å². The van der Waals surface area contributed by atoms with Gasteiger partial charge in [0.2, 0.25) is 0 Å². The molecule has 2 aromatic heterocycles. The van der Waals surface area contributed by atoms with Gasteiger partial charge in [-0.2, -0.15) is 0 Å². The number of imidazole rings is 1. The minimum atomic E-state index is -0.126. The molecule has 1 saturated heterocycles. The van der Waals surface area contributed by atoms with E-state index < -0.39 is 0 Å². The van der Waals surface area contributed by atoms with Gasteiger partial charge in [-0.05, 0) is 46.5 Å². The van der Waals surface area contributed by atoms with Crippen LogP contribution in [0.15, 0.2) is 68.7 Å². The summed E-state index contributed by atoms with van der Waals surface area (Å²) in [5.74, 6) is 0. The van der Waals surface area contributed by atoms with E-state index in [9.17, 15) is 9.59 Å². The zero-order chi connectivity index (χ0) is 21.5. The fraction of sp³-hybridized carbons (Fsp3) is 0.304. The van der Waals surface area contributed by atoms with Crippen LogP contribution < -0.4 is 11.2 Å². The minimum absolute atomic E-state index is 0.0463. The summed E-state index contributed by atoms with van der Waals surface area (Å²) in [6, 6.07) is 18.2. The fourth-order valence-corrected chi connectivity index (χ4v) is 5.42. The van der Waals surface area contributed by atoms with E-state index in [4.69, 9.17) is 0 Å². The summed E-state index contributed by atoms with van der Waals surface area (Å²) in [6.07, 6.45) is 1.72. The molecule has 0 radical (unpaired) electrons. The van der Waals surface area contributed by atoms with E-state index in [-0.39, 0.29) is 23.3 Å². The number of likely N-dealkylation sites (tertiary alicyclic amines) is 1. The maximum Gasteiger partial charge on any atom is 0.326 e. The third-order valence-electron chi connectivity index (χ3n) is 6.28. The van der Waals surface area contributed by atoms with Crippen molar-refractivity contribution in [2.75, 3.05) is 13.1 Å². The molecule has 0 saturated carbocycles. The second-order valence-corrected chi connectivity index (χ2v) is 8.89. The SMILES string of the molecule is Cn1[nH]c(=O)c(Br)c1C(c1ccccc1)N1CCC(n2c(=O)[nH]c3ccccc32)CC1. The number of aryl methyl sites for hydroxylation is 1. The van der Waals surface area contributed by atoms with Crippen LogP contribution in [0.25, 0.3) is 11.0 Å². The maximum atomic E-state index is 12.6. The van der Waals surface area contributed by atoms with E-state index in [2.05, 4.69) is 43.0 Å². The van der Waals surface area contributed by atoms with Gasteiger partial charge < -0.3 is 4.98 Å². The topological polar surface area (TPSA) is 78.8 Å². The van der Waals surface area contributed by atoms with Crippen molar-refractivity contribution < 1.29 is 0 Å². The van der Waals surface area contributed by atoms with Gasteiger partial charge in [-0.3, -0.25) is 24.0 Å². The molecule has 0 aliphatic carbocycles. The van der Waals surface area contributed by atoms with Crippen molar-refractivity contribution in [1.29, 1.82) is 0 Å². The molecule has 160 valence electrons. The lowest BCUT2D eigenvalue weighted by molar-refractivity contribution is 0.149. The number of aromatic amines is 2. The van der Waals surface area contributed by atoms with Crippen molar-refractivity contribution in [2.45, 2.75) is 24.9 Å². The van der Waals surface area contributed by atoms with Crippen molar-refractivity contribution in [3.05, 3.63) is 91.2 Å². The predicted molar refractivity (Wildman–Crippen MR) is 124 cm³/mol. The summed E-state index contributed by atoms with van der Waals surface area (Å²) in [6.45, 7) is 1.64. The second kappa shape index (κ2) is 8.01. The Balaban J connectivity index is 1.47. The summed E-state index contributed by atoms with van der Waals surface area (Å²) >= 11 is 3.50. The van der Waals surface area contributed by atoms with Crippen molar-refractivity contribution in [3.63, 3.8) is 0 Å². The van der Waals surface area contributed by atoms with E-state index >= 15 is 0 Å². The van der Waals surface area contributed by atoms with Crippen LogP contribution in [0, 0.1) is 0 Å². The third-order valence-corrected chi connectivity index (χ3v) is 7.05. The van der Waals surface area contributed by atoms with E-state index in [0.717, 1.165) is 48.2 Å². The van der Waals surface area contributed by atoms with Gasteiger partial charge in [-0.25, -0.2) is 4.79 Å². The first-order valence-electron chi connectivity index (χ1n) is 10.5. The molecule has 0 spiro atoms. The smallest absolute Gasteiger partial charge is 0.306 e. The first-order valence-corrected chi connectivity index (χ1v) is 11.3. The first kappa shape index (κ1) is 20.1. The van der Waals surface area contributed by atoms with Crippen LogP contribution in [0.2, 0.25) is 0 Å².